The summed E-state index contributed by atoms with van der Waals surface area (Å²) in [5.41, 5.74) is 1.80. The summed E-state index contributed by atoms with van der Waals surface area (Å²) in [5.74, 6) is 0. The van der Waals surface area contributed by atoms with Gasteiger partial charge < -0.3 is 0 Å². The zero-order valence-electron chi connectivity index (χ0n) is 8.95. The van der Waals surface area contributed by atoms with Crippen LogP contribution in [0.25, 0.3) is 20.8 Å². The lowest BCUT2D eigenvalue weighted by atomic mass is 10.2. The molecule has 0 aliphatic carbocycles. The van der Waals surface area contributed by atoms with Crippen molar-refractivity contribution in [1.29, 1.82) is 0 Å². The molecule has 0 saturated heterocycles. The molecule has 0 amide bonds. The van der Waals surface area contributed by atoms with E-state index in [-0.39, 0.29) is 0 Å². The highest BCUT2D eigenvalue weighted by Gasteiger charge is 2.11. The van der Waals surface area contributed by atoms with E-state index < -0.39 is 0 Å². The van der Waals surface area contributed by atoms with Gasteiger partial charge in [-0.3, -0.25) is 0 Å². The van der Waals surface area contributed by atoms with Gasteiger partial charge in [-0.2, -0.15) is 0 Å². The van der Waals surface area contributed by atoms with Crippen LogP contribution in [0, 0.1) is 3.57 Å². The van der Waals surface area contributed by atoms with Crippen LogP contribution in [0.1, 0.15) is 0 Å². The third-order valence-corrected chi connectivity index (χ3v) is 4.89. The summed E-state index contributed by atoms with van der Waals surface area (Å²) < 4.78 is 2.21. The molecule has 0 fully saturated rings. The summed E-state index contributed by atoms with van der Waals surface area (Å²) >= 11 is 16.2. The van der Waals surface area contributed by atoms with Crippen molar-refractivity contribution in [2.75, 3.05) is 0 Å². The van der Waals surface area contributed by atoms with Crippen LogP contribution in [0.5, 0.6) is 0 Å². The van der Waals surface area contributed by atoms with E-state index in [0.717, 1.165) is 24.4 Å². The fourth-order valence-corrected chi connectivity index (χ4v) is 3.74. The van der Waals surface area contributed by atoms with E-state index in [2.05, 4.69) is 27.6 Å². The van der Waals surface area contributed by atoms with Gasteiger partial charge in [-0.05, 0) is 52.9 Å². The van der Waals surface area contributed by atoms with Crippen LogP contribution in [-0.4, -0.2) is 4.98 Å². The second kappa shape index (κ2) is 4.96. The molecule has 90 valence electrons. The molecule has 1 aromatic heterocycles. The van der Waals surface area contributed by atoms with E-state index in [4.69, 9.17) is 23.2 Å². The molecule has 3 aromatic rings. The van der Waals surface area contributed by atoms with Gasteiger partial charge in [0.05, 0.1) is 14.7 Å². The highest BCUT2D eigenvalue weighted by molar-refractivity contribution is 14.1. The maximum absolute atomic E-state index is 6.23. The van der Waals surface area contributed by atoms with E-state index in [9.17, 15) is 0 Å². The lowest BCUT2D eigenvalue weighted by molar-refractivity contribution is 1.47. The Morgan fingerprint density at radius 2 is 1.89 bits per heavy atom. The minimum Gasteiger partial charge on any atom is -0.234 e. The average Bonchev–Trinajstić information content (AvgIpc) is 2.77. The fraction of sp³-hybridized carbons (Fsp3) is 0. The van der Waals surface area contributed by atoms with Crippen molar-refractivity contribution in [1.82, 2.24) is 4.98 Å². The number of benzene rings is 2. The number of rotatable bonds is 1. The van der Waals surface area contributed by atoms with Gasteiger partial charge in [-0.25, -0.2) is 4.98 Å². The van der Waals surface area contributed by atoms with E-state index in [0.29, 0.717) is 10.0 Å². The van der Waals surface area contributed by atoms with Gasteiger partial charge in [0.15, 0.2) is 0 Å². The molecule has 0 spiro atoms. The summed E-state index contributed by atoms with van der Waals surface area (Å²) in [6, 6.07) is 11.7. The molecule has 1 nitrogen and oxygen atoms in total. The number of nitrogens with zero attached hydrogens (tertiary/aromatic N) is 1. The van der Waals surface area contributed by atoms with Crippen LogP contribution >= 0.6 is 57.1 Å². The first-order chi connectivity index (χ1) is 8.65. The van der Waals surface area contributed by atoms with Crippen LogP contribution < -0.4 is 0 Å². The van der Waals surface area contributed by atoms with E-state index in [1.165, 1.54) is 0 Å². The molecule has 5 heteroatoms. The van der Waals surface area contributed by atoms with Gasteiger partial charge in [0.1, 0.15) is 10.5 Å². The van der Waals surface area contributed by atoms with Gasteiger partial charge >= 0.3 is 0 Å². The molecule has 3 rings (SSSR count). The Balaban J connectivity index is 2.26. The van der Waals surface area contributed by atoms with Crippen LogP contribution in [0.4, 0.5) is 0 Å². The maximum atomic E-state index is 6.23. The number of thiazole rings is 1. The lowest BCUT2D eigenvalue weighted by Crippen LogP contribution is -1.80. The van der Waals surface area contributed by atoms with Crippen molar-refractivity contribution < 1.29 is 0 Å². The Morgan fingerprint density at radius 3 is 2.67 bits per heavy atom. The maximum Gasteiger partial charge on any atom is 0.126 e. The number of fused-ring (bicyclic) bond motifs is 1. The lowest BCUT2D eigenvalue weighted by Gasteiger charge is -2.00. The Bertz CT molecular complexity index is 739. The molecule has 0 aliphatic heterocycles. The Hall–Kier alpha value is -0.360. The topological polar surface area (TPSA) is 12.9 Å². The molecule has 0 saturated carbocycles. The third-order valence-electron chi connectivity index (χ3n) is 2.53. The van der Waals surface area contributed by atoms with Crippen LogP contribution in [-0.2, 0) is 0 Å². The number of halogens is 3. The first-order valence-electron chi connectivity index (χ1n) is 5.15. The number of para-hydroxylation sites is 1. The van der Waals surface area contributed by atoms with Crippen LogP contribution in [0.2, 0.25) is 10.0 Å². The van der Waals surface area contributed by atoms with Crippen LogP contribution in [0.15, 0.2) is 36.4 Å². The fourth-order valence-electron chi connectivity index (χ4n) is 1.69. The second-order valence-corrected chi connectivity index (χ2v) is 6.82. The smallest absolute Gasteiger partial charge is 0.126 e. The summed E-state index contributed by atoms with van der Waals surface area (Å²) in [6.45, 7) is 0. The zero-order chi connectivity index (χ0) is 12.7. The summed E-state index contributed by atoms with van der Waals surface area (Å²) in [7, 11) is 0. The van der Waals surface area contributed by atoms with Crippen molar-refractivity contribution >= 4 is 67.3 Å². The molecule has 0 N–H and O–H groups in total. The monoisotopic (exact) mass is 405 g/mol. The molecule has 1 heterocycles. The van der Waals surface area contributed by atoms with Gasteiger partial charge in [0, 0.05) is 9.13 Å². The van der Waals surface area contributed by atoms with Gasteiger partial charge in [0.2, 0.25) is 0 Å². The Kier molecular flexibility index (Phi) is 3.49. The van der Waals surface area contributed by atoms with E-state index in [1.807, 2.05) is 36.4 Å². The molecule has 0 aliphatic rings. The molecule has 18 heavy (non-hydrogen) atoms. The first-order valence-corrected chi connectivity index (χ1v) is 7.81. The molecular weight excluding hydrogens is 400 g/mol. The predicted molar refractivity (Wildman–Crippen MR) is 87.8 cm³/mol. The Labute approximate surface area is 132 Å². The predicted octanol–water partition coefficient (Wildman–Crippen LogP) is 5.87. The van der Waals surface area contributed by atoms with Gasteiger partial charge in [-0.1, -0.05) is 29.3 Å². The second-order valence-electron chi connectivity index (χ2n) is 3.73. The van der Waals surface area contributed by atoms with Crippen molar-refractivity contribution in [3.05, 3.63) is 50.0 Å². The molecular formula is C13H6Cl2INS. The minimum absolute atomic E-state index is 0.678. The SMILES string of the molecule is Clc1ccc(I)cc1-c1nc2c(Cl)cccc2s1. The van der Waals surface area contributed by atoms with Crippen molar-refractivity contribution in [3.63, 3.8) is 0 Å². The number of hydrogen-bond donors (Lipinski definition) is 0. The molecule has 0 atom stereocenters. The standard InChI is InChI=1S/C13H6Cl2INS/c14-9-5-4-7(16)6-8(9)13-17-12-10(15)2-1-3-11(12)18-13/h1-6H. The number of hydrogen-bond acceptors (Lipinski definition) is 2. The van der Waals surface area contributed by atoms with E-state index in [1.54, 1.807) is 11.3 Å². The molecule has 0 bridgehead atoms. The Morgan fingerprint density at radius 1 is 1.06 bits per heavy atom. The summed E-state index contributed by atoms with van der Waals surface area (Å²) in [6.07, 6.45) is 0. The van der Waals surface area contributed by atoms with Crippen molar-refractivity contribution in [3.8, 4) is 10.6 Å². The summed E-state index contributed by atoms with van der Waals surface area (Å²) in [5, 5.41) is 2.30. The highest BCUT2D eigenvalue weighted by Crippen LogP contribution is 2.37. The van der Waals surface area contributed by atoms with Crippen molar-refractivity contribution in [2.45, 2.75) is 0 Å². The van der Waals surface area contributed by atoms with Crippen molar-refractivity contribution in [2.24, 2.45) is 0 Å². The quantitative estimate of drug-likeness (QED) is 0.461. The van der Waals surface area contributed by atoms with Gasteiger partial charge in [0.25, 0.3) is 0 Å². The van der Waals surface area contributed by atoms with Crippen LogP contribution in [0.3, 0.4) is 0 Å². The molecule has 0 unspecified atom stereocenters. The third kappa shape index (κ3) is 2.25. The molecule has 0 radical (unpaired) electrons. The first kappa shape index (κ1) is 12.7. The normalized spacial score (nSPS) is 11.1. The summed E-state index contributed by atoms with van der Waals surface area (Å²) in [4.78, 5) is 4.58. The highest BCUT2D eigenvalue weighted by atomic mass is 127. The zero-order valence-corrected chi connectivity index (χ0v) is 13.4. The number of aromatic nitrogens is 1. The minimum atomic E-state index is 0.678. The van der Waals surface area contributed by atoms with Gasteiger partial charge in [-0.15, -0.1) is 11.3 Å². The average molecular weight is 406 g/mol. The molecule has 2 aromatic carbocycles. The van der Waals surface area contributed by atoms with E-state index >= 15 is 0 Å². The largest absolute Gasteiger partial charge is 0.234 e.